The van der Waals surface area contributed by atoms with Gasteiger partial charge in [0.15, 0.2) is 0 Å². The van der Waals surface area contributed by atoms with Gasteiger partial charge in [0.25, 0.3) is 10.0 Å². The van der Waals surface area contributed by atoms with Crippen molar-refractivity contribution < 1.29 is 13.2 Å². The van der Waals surface area contributed by atoms with Crippen LogP contribution in [0.3, 0.4) is 0 Å². The third-order valence-electron chi connectivity index (χ3n) is 1.53. The van der Waals surface area contributed by atoms with E-state index in [9.17, 15) is 18.1 Å². The minimum absolute atomic E-state index is 0.0925. The van der Waals surface area contributed by atoms with E-state index in [-0.39, 0.29) is 10.6 Å². The Balaban J connectivity index is 3.06. The molecule has 0 aliphatic rings. The fraction of sp³-hybridized carbons (Fsp3) is 0.125. The molecule has 1 aromatic carbocycles. The van der Waals surface area contributed by atoms with Crippen LogP contribution in [0.5, 0.6) is 0 Å². The summed E-state index contributed by atoms with van der Waals surface area (Å²) in [4.78, 5) is 20.6. The smallest absolute Gasteiger partial charge is 0.264 e. The van der Waals surface area contributed by atoms with E-state index in [0.717, 1.165) is 6.92 Å². The van der Waals surface area contributed by atoms with Crippen molar-refractivity contribution >= 4 is 21.6 Å². The molecule has 1 N–H and O–H groups in total. The van der Waals surface area contributed by atoms with Gasteiger partial charge < -0.3 is 0 Å². The van der Waals surface area contributed by atoms with Gasteiger partial charge in [-0.3, -0.25) is 4.79 Å². The summed E-state index contributed by atoms with van der Waals surface area (Å²) in [6.45, 7) is 1.10. The second-order valence-electron chi connectivity index (χ2n) is 2.75. The van der Waals surface area contributed by atoms with Gasteiger partial charge in [-0.1, -0.05) is 0 Å². The third kappa shape index (κ3) is 2.84. The summed E-state index contributed by atoms with van der Waals surface area (Å²) >= 11 is 0. The van der Waals surface area contributed by atoms with Crippen LogP contribution in [0.15, 0.2) is 34.3 Å². The molecule has 7 heteroatoms. The summed E-state index contributed by atoms with van der Waals surface area (Å²) in [5.41, 5.74) is 0.122. The van der Waals surface area contributed by atoms with E-state index >= 15 is 0 Å². The highest BCUT2D eigenvalue weighted by molar-refractivity contribution is 7.90. The Morgan fingerprint density at radius 1 is 1.27 bits per heavy atom. The molecule has 0 saturated carbocycles. The van der Waals surface area contributed by atoms with E-state index in [1.54, 1.807) is 4.72 Å². The first kappa shape index (κ1) is 11.3. The number of benzene rings is 1. The van der Waals surface area contributed by atoms with Crippen LogP contribution >= 0.6 is 0 Å². The Morgan fingerprint density at radius 2 is 1.80 bits per heavy atom. The summed E-state index contributed by atoms with van der Waals surface area (Å²) in [6, 6.07) is 4.90. The highest BCUT2D eigenvalue weighted by Crippen LogP contribution is 2.15. The van der Waals surface area contributed by atoms with Gasteiger partial charge in [0, 0.05) is 6.92 Å². The molecule has 0 atom stereocenters. The van der Waals surface area contributed by atoms with E-state index in [1.807, 2.05) is 0 Å². The van der Waals surface area contributed by atoms with Crippen molar-refractivity contribution in [3.8, 4) is 0 Å². The number of nitrogens with zero attached hydrogens (tertiary/aromatic N) is 1. The minimum Gasteiger partial charge on any atom is -0.274 e. The molecular weight excluding hydrogens is 220 g/mol. The Labute approximate surface area is 86.3 Å². The van der Waals surface area contributed by atoms with Gasteiger partial charge in [-0.05, 0) is 29.4 Å². The van der Waals surface area contributed by atoms with Crippen molar-refractivity contribution in [3.63, 3.8) is 0 Å². The summed E-state index contributed by atoms with van der Waals surface area (Å²) in [5.74, 6) is -0.674. The first-order chi connectivity index (χ1) is 6.95. The zero-order valence-electron chi connectivity index (χ0n) is 7.80. The molecular formula is C8H8N2O4S. The van der Waals surface area contributed by atoms with Crippen molar-refractivity contribution in [2.24, 2.45) is 5.18 Å². The molecule has 80 valence electrons. The minimum atomic E-state index is -3.83. The van der Waals surface area contributed by atoms with Crippen LogP contribution in [-0.2, 0) is 14.8 Å². The normalized spacial score (nSPS) is 10.7. The molecule has 0 unspecified atom stereocenters. The monoisotopic (exact) mass is 228 g/mol. The van der Waals surface area contributed by atoms with Crippen molar-refractivity contribution in [1.82, 2.24) is 4.72 Å². The molecule has 0 spiro atoms. The second-order valence-corrected chi connectivity index (χ2v) is 4.43. The molecule has 0 heterocycles. The zero-order valence-corrected chi connectivity index (χ0v) is 8.61. The fourth-order valence-corrected chi connectivity index (χ4v) is 1.92. The SMILES string of the molecule is CC(=O)NS(=O)(=O)c1ccc(N=O)cc1. The molecule has 0 bridgehead atoms. The molecule has 0 fully saturated rings. The number of sulfonamides is 1. The van der Waals surface area contributed by atoms with Crippen LogP contribution in [-0.4, -0.2) is 14.3 Å². The lowest BCUT2D eigenvalue weighted by atomic mass is 10.3. The van der Waals surface area contributed by atoms with Gasteiger partial charge in [0.1, 0.15) is 5.69 Å². The van der Waals surface area contributed by atoms with Gasteiger partial charge in [0.05, 0.1) is 4.90 Å². The topological polar surface area (TPSA) is 92.7 Å². The highest BCUT2D eigenvalue weighted by Gasteiger charge is 2.14. The molecule has 1 aromatic rings. The number of hydrogen-bond donors (Lipinski definition) is 1. The predicted octanol–water partition coefficient (Wildman–Crippen LogP) is 0.909. The quantitative estimate of drug-likeness (QED) is 0.778. The molecule has 0 aliphatic carbocycles. The predicted molar refractivity (Wildman–Crippen MR) is 52.9 cm³/mol. The first-order valence-corrected chi connectivity index (χ1v) is 5.41. The highest BCUT2D eigenvalue weighted by atomic mass is 32.2. The van der Waals surface area contributed by atoms with Crippen LogP contribution in [0, 0.1) is 4.91 Å². The van der Waals surface area contributed by atoms with Crippen molar-refractivity contribution in [2.75, 3.05) is 0 Å². The van der Waals surface area contributed by atoms with Gasteiger partial charge in [0.2, 0.25) is 5.91 Å². The molecule has 1 rings (SSSR count). The molecule has 0 aromatic heterocycles. The van der Waals surface area contributed by atoms with Crippen LogP contribution < -0.4 is 4.72 Å². The lowest BCUT2D eigenvalue weighted by Gasteiger charge is -2.03. The number of nitroso groups, excluding NO2 is 1. The molecule has 1 amide bonds. The van der Waals surface area contributed by atoms with Crippen molar-refractivity contribution in [1.29, 1.82) is 0 Å². The maximum Gasteiger partial charge on any atom is 0.264 e. The van der Waals surface area contributed by atoms with Gasteiger partial charge in [-0.25, -0.2) is 13.1 Å². The van der Waals surface area contributed by atoms with Crippen molar-refractivity contribution in [2.45, 2.75) is 11.8 Å². The number of rotatable bonds is 3. The number of hydrogen-bond acceptors (Lipinski definition) is 5. The Morgan fingerprint density at radius 3 is 2.20 bits per heavy atom. The van der Waals surface area contributed by atoms with E-state index in [1.165, 1.54) is 24.3 Å². The maximum absolute atomic E-state index is 11.4. The Hall–Kier alpha value is -1.76. The lowest BCUT2D eigenvalue weighted by molar-refractivity contribution is -0.117. The summed E-state index contributed by atoms with van der Waals surface area (Å²) < 4.78 is 24.6. The van der Waals surface area contributed by atoms with E-state index in [0.29, 0.717) is 0 Å². The number of carbonyl (C=O) groups excluding carboxylic acids is 1. The maximum atomic E-state index is 11.4. The van der Waals surface area contributed by atoms with Gasteiger partial charge >= 0.3 is 0 Å². The average molecular weight is 228 g/mol. The van der Waals surface area contributed by atoms with Crippen LogP contribution in [0.2, 0.25) is 0 Å². The Bertz CT molecular complexity index is 478. The van der Waals surface area contributed by atoms with Crippen LogP contribution in [0.4, 0.5) is 5.69 Å². The number of amides is 1. The standard InChI is InChI=1S/C8H8N2O4S/c1-6(11)10-15(13,14)8-4-2-7(9-12)3-5-8/h2-5H,1H3,(H,10,11). The first-order valence-electron chi connectivity index (χ1n) is 3.92. The fourth-order valence-electron chi connectivity index (χ4n) is 0.934. The van der Waals surface area contributed by atoms with Crippen LogP contribution in [0.25, 0.3) is 0 Å². The summed E-state index contributed by atoms with van der Waals surface area (Å²) in [5, 5.41) is 2.62. The average Bonchev–Trinajstić information content (AvgIpc) is 2.16. The third-order valence-corrected chi connectivity index (χ3v) is 2.98. The van der Waals surface area contributed by atoms with Crippen molar-refractivity contribution in [3.05, 3.63) is 29.2 Å². The zero-order chi connectivity index (χ0) is 11.5. The molecule has 15 heavy (non-hydrogen) atoms. The Kier molecular flexibility index (Phi) is 3.15. The molecule has 0 aliphatic heterocycles. The summed E-state index contributed by atoms with van der Waals surface area (Å²) in [6.07, 6.45) is 0. The molecule has 0 radical (unpaired) electrons. The largest absolute Gasteiger partial charge is 0.274 e. The van der Waals surface area contributed by atoms with Crippen LogP contribution in [0.1, 0.15) is 6.92 Å². The van der Waals surface area contributed by atoms with Gasteiger partial charge in [-0.15, -0.1) is 4.91 Å². The number of carbonyl (C=O) groups is 1. The number of nitrogens with one attached hydrogen (secondary N) is 1. The van der Waals surface area contributed by atoms with E-state index in [2.05, 4.69) is 5.18 Å². The molecule has 0 saturated heterocycles. The van der Waals surface area contributed by atoms with E-state index < -0.39 is 15.9 Å². The lowest BCUT2D eigenvalue weighted by Crippen LogP contribution is -2.28. The second kappa shape index (κ2) is 4.18. The summed E-state index contributed by atoms with van der Waals surface area (Å²) in [7, 11) is -3.83. The van der Waals surface area contributed by atoms with E-state index in [4.69, 9.17) is 0 Å². The van der Waals surface area contributed by atoms with Gasteiger partial charge in [-0.2, -0.15) is 0 Å². The molecule has 6 nitrogen and oxygen atoms in total.